The number of hydrogen-bond acceptors (Lipinski definition) is 6. The molecule has 3 N–H and O–H groups in total. The fourth-order valence-corrected chi connectivity index (χ4v) is 1.66. The smallest absolute Gasteiger partial charge is 0.340 e. The van der Waals surface area contributed by atoms with Crippen LogP contribution in [0.15, 0.2) is 18.2 Å². The number of nitrogens with two attached hydrogens (primary N) is 1. The molecule has 7 nitrogen and oxygen atoms in total. The Morgan fingerprint density at radius 3 is 2.67 bits per heavy atom. The summed E-state index contributed by atoms with van der Waals surface area (Å²) in [6.45, 7) is 1.77. The number of carbonyl (C=O) groups is 2. The first-order chi connectivity index (χ1) is 9.97. The summed E-state index contributed by atoms with van der Waals surface area (Å²) in [7, 11) is 3.01. The number of ether oxygens (including phenoxy) is 3. The molecule has 1 atom stereocenters. The number of carbonyl (C=O) groups excluding carboxylic acids is 2. The molecule has 7 heteroatoms. The van der Waals surface area contributed by atoms with Crippen LogP contribution in [0.5, 0.6) is 5.75 Å². The summed E-state index contributed by atoms with van der Waals surface area (Å²) >= 11 is 0. The average molecular weight is 296 g/mol. The molecule has 0 aromatic heterocycles. The van der Waals surface area contributed by atoms with Crippen LogP contribution in [-0.2, 0) is 14.3 Å². The lowest BCUT2D eigenvalue weighted by molar-refractivity contribution is -0.125. The summed E-state index contributed by atoms with van der Waals surface area (Å²) in [6, 6.07) is 4.47. The van der Waals surface area contributed by atoms with E-state index in [0.29, 0.717) is 12.4 Å². The molecule has 1 aromatic carbocycles. The summed E-state index contributed by atoms with van der Waals surface area (Å²) in [5, 5.41) is 2.63. The van der Waals surface area contributed by atoms with E-state index in [1.165, 1.54) is 26.4 Å². The second-order valence-electron chi connectivity index (χ2n) is 4.45. The van der Waals surface area contributed by atoms with Crippen molar-refractivity contribution in [3.8, 4) is 5.75 Å². The number of anilines is 1. The SMILES string of the molecule is COCC(C)NC(=O)COC(=O)c1cc(OC)ccc1N. The van der Waals surface area contributed by atoms with Crippen LogP contribution >= 0.6 is 0 Å². The van der Waals surface area contributed by atoms with Crippen LogP contribution in [0.4, 0.5) is 5.69 Å². The zero-order chi connectivity index (χ0) is 15.8. The molecule has 0 heterocycles. The molecule has 21 heavy (non-hydrogen) atoms. The second-order valence-corrected chi connectivity index (χ2v) is 4.45. The summed E-state index contributed by atoms with van der Waals surface area (Å²) in [5.74, 6) is -0.607. The van der Waals surface area contributed by atoms with E-state index in [9.17, 15) is 9.59 Å². The van der Waals surface area contributed by atoms with Crippen LogP contribution in [0.2, 0.25) is 0 Å². The quantitative estimate of drug-likeness (QED) is 0.564. The van der Waals surface area contributed by atoms with E-state index < -0.39 is 11.9 Å². The predicted octanol–water partition coefficient (Wildman–Crippen LogP) is 0.585. The Labute approximate surface area is 123 Å². The van der Waals surface area contributed by atoms with Crippen molar-refractivity contribution < 1.29 is 23.8 Å². The molecule has 1 amide bonds. The van der Waals surface area contributed by atoms with E-state index in [-0.39, 0.29) is 23.9 Å². The molecule has 0 fully saturated rings. The fourth-order valence-electron chi connectivity index (χ4n) is 1.66. The fraction of sp³-hybridized carbons (Fsp3) is 0.429. The van der Waals surface area contributed by atoms with Gasteiger partial charge in [-0.15, -0.1) is 0 Å². The van der Waals surface area contributed by atoms with E-state index in [2.05, 4.69) is 5.32 Å². The number of amides is 1. The lowest BCUT2D eigenvalue weighted by Gasteiger charge is -2.13. The maximum atomic E-state index is 11.9. The Hall–Kier alpha value is -2.28. The molecule has 1 aromatic rings. The van der Waals surface area contributed by atoms with Gasteiger partial charge in [0.1, 0.15) is 5.75 Å². The number of nitrogens with one attached hydrogen (secondary N) is 1. The molecular weight excluding hydrogens is 276 g/mol. The number of rotatable bonds is 7. The molecule has 0 spiro atoms. The van der Waals surface area contributed by atoms with E-state index in [0.717, 1.165) is 0 Å². The Bertz CT molecular complexity index is 504. The third-order valence-corrected chi connectivity index (χ3v) is 2.64. The van der Waals surface area contributed by atoms with Gasteiger partial charge in [-0.2, -0.15) is 0 Å². The lowest BCUT2D eigenvalue weighted by Crippen LogP contribution is -2.38. The van der Waals surface area contributed by atoms with Crippen molar-refractivity contribution in [3.05, 3.63) is 23.8 Å². The van der Waals surface area contributed by atoms with Crippen molar-refractivity contribution in [1.29, 1.82) is 0 Å². The number of hydrogen-bond donors (Lipinski definition) is 2. The van der Waals surface area contributed by atoms with Gasteiger partial charge in [0.05, 0.1) is 19.3 Å². The highest BCUT2D eigenvalue weighted by Crippen LogP contribution is 2.20. The Morgan fingerprint density at radius 1 is 1.33 bits per heavy atom. The Morgan fingerprint density at radius 2 is 2.05 bits per heavy atom. The van der Waals surface area contributed by atoms with Crippen LogP contribution in [0, 0.1) is 0 Å². The van der Waals surface area contributed by atoms with E-state index >= 15 is 0 Å². The molecule has 0 aliphatic carbocycles. The molecular formula is C14H20N2O5. The summed E-state index contributed by atoms with van der Waals surface area (Å²) in [4.78, 5) is 23.5. The standard InChI is InChI=1S/C14H20N2O5/c1-9(7-19-2)16-13(17)8-21-14(18)11-6-10(20-3)4-5-12(11)15/h4-6,9H,7-8,15H2,1-3H3,(H,16,17). The first-order valence-electron chi connectivity index (χ1n) is 6.36. The van der Waals surface area contributed by atoms with Gasteiger partial charge in [-0.1, -0.05) is 0 Å². The minimum Gasteiger partial charge on any atom is -0.497 e. The Kier molecular flexibility index (Phi) is 6.48. The molecule has 1 rings (SSSR count). The van der Waals surface area contributed by atoms with Gasteiger partial charge in [-0.05, 0) is 25.1 Å². The van der Waals surface area contributed by atoms with E-state index in [4.69, 9.17) is 19.9 Å². The van der Waals surface area contributed by atoms with Crippen LogP contribution in [-0.4, -0.2) is 45.4 Å². The monoisotopic (exact) mass is 296 g/mol. The normalized spacial score (nSPS) is 11.6. The number of benzene rings is 1. The van der Waals surface area contributed by atoms with E-state index in [1.54, 1.807) is 13.0 Å². The van der Waals surface area contributed by atoms with Crippen molar-refractivity contribution in [2.75, 3.05) is 33.2 Å². The molecule has 0 aliphatic heterocycles. The van der Waals surface area contributed by atoms with Crippen LogP contribution in [0.1, 0.15) is 17.3 Å². The first-order valence-corrected chi connectivity index (χ1v) is 6.36. The number of esters is 1. The second kappa shape index (κ2) is 8.11. The van der Waals surface area contributed by atoms with Crippen molar-refractivity contribution in [2.45, 2.75) is 13.0 Å². The first kappa shape index (κ1) is 16.8. The van der Waals surface area contributed by atoms with Crippen molar-refractivity contribution in [2.24, 2.45) is 0 Å². The van der Waals surface area contributed by atoms with Gasteiger partial charge in [0.25, 0.3) is 5.91 Å². The maximum absolute atomic E-state index is 11.9. The Balaban J connectivity index is 2.56. The van der Waals surface area contributed by atoms with Crippen molar-refractivity contribution in [3.63, 3.8) is 0 Å². The van der Waals surface area contributed by atoms with Gasteiger partial charge in [0.2, 0.25) is 0 Å². The largest absolute Gasteiger partial charge is 0.497 e. The minimum atomic E-state index is -0.680. The molecule has 0 saturated carbocycles. The van der Waals surface area contributed by atoms with Gasteiger partial charge in [-0.3, -0.25) is 4.79 Å². The third-order valence-electron chi connectivity index (χ3n) is 2.64. The highest BCUT2D eigenvalue weighted by Gasteiger charge is 2.15. The third kappa shape index (κ3) is 5.31. The molecule has 0 aliphatic rings. The maximum Gasteiger partial charge on any atom is 0.340 e. The van der Waals surface area contributed by atoms with Gasteiger partial charge < -0.3 is 25.3 Å². The van der Waals surface area contributed by atoms with Crippen LogP contribution < -0.4 is 15.8 Å². The van der Waals surface area contributed by atoms with Crippen molar-refractivity contribution >= 4 is 17.6 Å². The lowest BCUT2D eigenvalue weighted by atomic mass is 10.2. The topological polar surface area (TPSA) is 99.9 Å². The number of nitrogen functional groups attached to an aromatic ring is 1. The molecule has 0 radical (unpaired) electrons. The zero-order valence-electron chi connectivity index (χ0n) is 12.3. The summed E-state index contributed by atoms with van der Waals surface area (Å²) in [6.07, 6.45) is 0. The summed E-state index contributed by atoms with van der Waals surface area (Å²) < 4.78 is 14.8. The molecule has 0 bridgehead atoms. The molecule has 1 unspecified atom stereocenters. The van der Waals surface area contributed by atoms with E-state index in [1.807, 2.05) is 0 Å². The minimum absolute atomic E-state index is 0.159. The van der Waals surface area contributed by atoms with Gasteiger partial charge >= 0.3 is 5.97 Å². The zero-order valence-corrected chi connectivity index (χ0v) is 12.3. The molecule has 116 valence electrons. The average Bonchev–Trinajstić information content (AvgIpc) is 2.45. The van der Waals surface area contributed by atoms with Gasteiger partial charge in [0, 0.05) is 18.8 Å². The highest BCUT2D eigenvalue weighted by atomic mass is 16.5. The predicted molar refractivity (Wildman–Crippen MR) is 77.2 cm³/mol. The van der Waals surface area contributed by atoms with Gasteiger partial charge in [0.15, 0.2) is 6.61 Å². The van der Waals surface area contributed by atoms with Crippen LogP contribution in [0.3, 0.4) is 0 Å². The molecule has 0 saturated heterocycles. The van der Waals surface area contributed by atoms with Crippen LogP contribution in [0.25, 0.3) is 0 Å². The number of methoxy groups -OCH3 is 2. The summed E-state index contributed by atoms with van der Waals surface area (Å²) in [5.41, 5.74) is 6.12. The highest BCUT2D eigenvalue weighted by molar-refractivity contribution is 5.96. The van der Waals surface area contributed by atoms with Gasteiger partial charge in [-0.25, -0.2) is 4.79 Å². The van der Waals surface area contributed by atoms with Crippen molar-refractivity contribution in [1.82, 2.24) is 5.32 Å².